The summed E-state index contributed by atoms with van der Waals surface area (Å²) in [4.78, 5) is 0. The molecule has 0 aromatic heterocycles. The highest BCUT2D eigenvalue weighted by molar-refractivity contribution is 4.67. The van der Waals surface area contributed by atoms with Gasteiger partial charge in [-0.25, -0.2) is 0 Å². The van der Waals surface area contributed by atoms with Crippen LogP contribution in [0.3, 0.4) is 0 Å². The second-order valence-electron chi connectivity index (χ2n) is 2.89. The van der Waals surface area contributed by atoms with Gasteiger partial charge in [0.05, 0.1) is 13.2 Å². The van der Waals surface area contributed by atoms with E-state index in [9.17, 15) is 0 Å². The minimum atomic E-state index is 0. The Kier molecular flexibility index (Phi) is 4.65. The van der Waals surface area contributed by atoms with Gasteiger partial charge >= 0.3 is 0 Å². The van der Waals surface area contributed by atoms with Crippen LogP contribution >= 0.6 is 0 Å². The number of hydrogen-bond donors (Lipinski definition) is 0. The van der Waals surface area contributed by atoms with Gasteiger partial charge in [0.1, 0.15) is 6.10 Å². The normalized spacial score (nSPS) is 22.5. The van der Waals surface area contributed by atoms with E-state index in [1.165, 1.54) is 0 Å². The van der Waals surface area contributed by atoms with Crippen LogP contribution < -0.4 is 0 Å². The molecule has 2 heteroatoms. The highest BCUT2D eigenvalue weighted by Gasteiger charge is 2.22. The van der Waals surface area contributed by atoms with Crippen molar-refractivity contribution in [2.24, 2.45) is 5.92 Å². The first-order chi connectivity index (χ1) is 4.29. The molecule has 0 aromatic carbocycles. The van der Waals surface area contributed by atoms with Crippen molar-refractivity contribution in [3.05, 3.63) is 0 Å². The quantitative estimate of drug-likeness (QED) is 0.563. The summed E-state index contributed by atoms with van der Waals surface area (Å²) in [6, 6.07) is 0. The fraction of sp³-hybridized carbons (Fsp3) is 1.00. The van der Waals surface area contributed by atoms with Crippen molar-refractivity contribution >= 4 is 0 Å². The van der Waals surface area contributed by atoms with Crippen LogP contribution in [0.1, 0.15) is 21.3 Å². The van der Waals surface area contributed by atoms with Crippen LogP contribution in [0.15, 0.2) is 0 Å². The Hall–Kier alpha value is -0.0800. The van der Waals surface area contributed by atoms with Crippen molar-refractivity contribution in [1.82, 2.24) is 0 Å². The molecule has 1 aliphatic heterocycles. The van der Waals surface area contributed by atoms with E-state index in [4.69, 9.17) is 9.47 Å². The van der Waals surface area contributed by atoms with E-state index in [-0.39, 0.29) is 7.43 Å². The van der Waals surface area contributed by atoms with Gasteiger partial charge in [-0.05, 0) is 5.92 Å². The van der Waals surface area contributed by atoms with Gasteiger partial charge in [0.15, 0.2) is 0 Å². The Balaban J connectivity index is 0.000000810. The van der Waals surface area contributed by atoms with Gasteiger partial charge in [0.25, 0.3) is 0 Å². The van der Waals surface area contributed by atoms with E-state index in [1.807, 2.05) is 0 Å². The number of hydrogen-bond acceptors (Lipinski definition) is 2. The highest BCUT2D eigenvalue weighted by Crippen LogP contribution is 2.08. The molecule has 1 fully saturated rings. The standard InChI is InChI=1S/C7H14O2.CH4/c1-6(2)3-8-4-7-5-9-7;/h6-7H,3-5H2,1-2H3;1H4. The molecule has 62 valence electrons. The van der Waals surface area contributed by atoms with Crippen molar-refractivity contribution < 1.29 is 9.47 Å². The third-order valence-corrected chi connectivity index (χ3v) is 1.16. The molecule has 0 aromatic rings. The zero-order chi connectivity index (χ0) is 6.69. The number of rotatable bonds is 4. The second-order valence-corrected chi connectivity index (χ2v) is 2.89. The van der Waals surface area contributed by atoms with Crippen molar-refractivity contribution in [2.75, 3.05) is 19.8 Å². The van der Waals surface area contributed by atoms with Crippen molar-refractivity contribution in [1.29, 1.82) is 0 Å². The maximum atomic E-state index is 5.29. The first-order valence-corrected chi connectivity index (χ1v) is 3.48. The second kappa shape index (κ2) is 4.69. The molecule has 1 aliphatic rings. The summed E-state index contributed by atoms with van der Waals surface area (Å²) >= 11 is 0. The average molecular weight is 146 g/mol. The Morgan fingerprint density at radius 3 is 2.60 bits per heavy atom. The Labute approximate surface area is 63.5 Å². The van der Waals surface area contributed by atoms with Crippen molar-refractivity contribution in [3.8, 4) is 0 Å². The highest BCUT2D eigenvalue weighted by atomic mass is 16.6. The molecule has 1 heterocycles. The van der Waals surface area contributed by atoms with E-state index >= 15 is 0 Å². The van der Waals surface area contributed by atoms with Gasteiger partial charge in [-0.15, -0.1) is 0 Å². The molecule has 0 amide bonds. The van der Waals surface area contributed by atoms with Crippen LogP contribution in [0.2, 0.25) is 0 Å². The summed E-state index contributed by atoms with van der Waals surface area (Å²) in [6.07, 6.45) is 0.420. The molecule has 0 N–H and O–H groups in total. The minimum absolute atomic E-state index is 0. The Bertz CT molecular complexity index is 75.3. The zero-order valence-electron chi connectivity index (χ0n) is 6.09. The first kappa shape index (κ1) is 9.92. The van der Waals surface area contributed by atoms with Crippen LogP contribution in [-0.2, 0) is 9.47 Å². The fourth-order valence-corrected chi connectivity index (χ4v) is 0.599. The van der Waals surface area contributed by atoms with Crippen LogP contribution in [0.4, 0.5) is 0 Å². The van der Waals surface area contributed by atoms with Crippen LogP contribution in [0.25, 0.3) is 0 Å². The summed E-state index contributed by atoms with van der Waals surface area (Å²) in [7, 11) is 0. The number of ether oxygens (including phenoxy) is 2. The first-order valence-electron chi connectivity index (χ1n) is 3.48. The topological polar surface area (TPSA) is 21.8 Å². The molecule has 1 rings (SSSR count). The molecule has 0 aliphatic carbocycles. The zero-order valence-corrected chi connectivity index (χ0v) is 6.09. The third kappa shape index (κ3) is 4.77. The summed E-state index contributed by atoms with van der Waals surface area (Å²) in [5.41, 5.74) is 0. The van der Waals surface area contributed by atoms with Gasteiger partial charge in [-0.2, -0.15) is 0 Å². The van der Waals surface area contributed by atoms with Crippen molar-refractivity contribution in [3.63, 3.8) is 0 Å². The van der Waals surface area contributed by atoms with E-state index in [2.05, 4.69) is 13.8 Å². The van der Waals surface area contributed by atoms with Gasteiger partial charge in [0.2, 0.25) is 0 Å². The molecule has 0 saturated carbocycles. The van der Waals surface area contributed by atoms with E-state index in [0.717, 1.165) is 19.8 Å². The molecule has 10 heavy (non-hydrogen) atoms. The Morgan fingerprint density at radius 1 is 1.60 bits per heavy atom. The monoisotopic (exact) mass is 146 g/mol. The van der Waals surface area contributed by atoms with Gasteiger partial charge in [0, 0.05) is 6.61 Å². The van der Waals surface area contributed by atoms with Gasteiger partial charge in [-0.3, -0.25) is 0 Å². The summed E-state index contributed by atoms with van der Waals surface area (Å²) in [6.45, 7) is 6.84. The lowest BCUT2D eigenvalue weighted by Gasteiger charge is -2.03. The minimum Gasteiger partial charge on any atom is -0.378 e. The Morgan fingerprint density at radius 2 is 2.20 bits per heavy atom. The molecular weight excluding hydrogens is 128 g/mol. The van der Waals surface area contributed by atoms with Crippen LogP contribution in [0.5, 0.6) is 0 Å². The summed E-state index contributed by atoms with van der Waals surface area (Å²) < 4.78 is 10.3. The van der Waals surface area contributed by atoms with E-state index < -0.39 is 0 Å². The maximum Gasteiger partial charge on any atom is 0.104 e. The van der Waals surface area contributed by atoms with Crippen molar-refractivity contribution in [2.45, 2.75) is 27.4 Å². The SMILES string of the molecule is C.CC(C)COCC1CO1. The molecular formula is C8H18O2. The average Bonchev–Trinajstić information content (AvgIpc) is 2.48. The fourth-order valence-electron chi connectivity index (χ4n) is 0.599. The smallest absolute Gasteiger partial charge is 0.104 e. The largest absolute Gasteiger partial charge is 0.378 e. The summed E-state index contributed by atoms with van der Waals surface area (Å²) in [5, 5.41) is 0. The maximum absolute atomic E-state index is 5.29. The molecule has 1 saturated heterocycles. The summed E-state index contributed by atoms with van der Waals surface area (Å²) in [5.74, 6) is 0.642. The molecule has 2 nitrogen and oxygen atoms in total. The third-order valence-electron chi connectivity index (χ3n) is 1.16. The molecule has 0 bridgehead atoms. The van der Waals surface area contributed by atoms with Gasteiger partial charge in [-0.1, -0.05) is 21.3 Å². The molecule has 0 spiro atoms. The number of epoxide rings is 1. The lowest BCUT2D eigenvalue weighted by molar-refractivity contribution is 0.0952. The molecule has 1 atom stereocenters. The lowest BCUT2D eigenvalue weighted by atomic mass is 10.2. The lowest BCUT2D eigenvalue weighted by Crippen LogP contribution is -2.06. The van der Waals surface area contributed by atoms with E-state index in [1.54, 1.807) is 0 Å². The van der Waals surface area contributed by atoms with Crippen LogP contribution in [0, 0.1) is 5.92 Å². The van der Waals surface area contributed by atoms with E-state index in [0.29, 0.717) is 12.0 Å². The molecule has 1 unspecified atom stereocenters. The molecule has 0 radical (unpaired) electrons. The van der Waals surface area contributed by atoms with Gasteiger partial charge < -0.3 is 9.47 Å². The van der Waals surface area contributed by atoms with Crippen LogP contribution in [-0.4, -0.2) is 25.9 Å². The predicted octanol–water partition coefficient (Wildman–Crippen LogP) is 1.69. The predicted molar refractivity (Wildman–Crippen MR) is 42.1 cm³/mol.